The van der Waals surface area contributed by atoms with Crippen LogP contribution in [0.2, 0.25) is 0 Å². The van der Waals surface area contributed by atoms with E-state index in [1.54, 1.807) is 0 Å². The molecule has 0 radical (unpaired) electrons. The summed E-state index contributed by atoms with van der Waals surface area (Å²) in [6.07, 6.45) is 19.8. The summed E-state index contributed by atoms with van der Waals surface area (Å²) in [7, 11) is 0. The van der Waals surface area contributed by atoms with E-state index in [-0.39, 0.29) is 23.5 Å². The minimum atomic E-state index is -0.315. The summed E-state index contributed by atoms with van der Waals surface area (Å²) in [4.78, 5) is 23.9. The first-order chi connectivity index (χ1) is 18.6. The van der Waals surface area contributed by atoms with Gasteiger partial charge in [0.25, 0.3) is 5.91 Å². The number of amides is 1. The lowest BCUT2D eigenvalue weighted by Crippen LogP contribution is -2.54. The summed E-state index contributed by atoms with van der Waals surface area (Å²) < 4.78 is 0. The Hall–Kier alpha value is -3.26. The highest BCUT2D eigenvalue weighted by Gasteiger charge is 2.51. The van der Waals surface area contributed by atoms with Crippen molar-refractivity contribution < 1.29 is 4.79 Å². The molecule has 5 heteroatoms. The van der Waals surface area contributed by atoms with Gasteiger partial charge in [-0.25, -0.2) is 0 Å². The molecule has 1 amide bonds. The third kappa shape index (κ3) is 3.92. The van der Waals surface area contributed by atoms with Crippen molar-refractivity contribution >= 4 is 22.5 Å². The quantitative estimate of drug-likeness (QED) is 0.370. The lowest BCUT2D eigenvalue weighted by molar-refractivity contribution is -0.130. The summed E-state index contributed by atoms with van der Waals surface area (Å²) in [5.74, 6) is 4.87. The average molecular weight is 507 g/mol. The van der Waals surface area contributed by atoms with Crippen LogP contribution >= 0.6 is 0 Å². The number of nitrogens with zero attached hydrogens (tertiary/aromatic N) is 2. The van der Waals surface area contributed by atoms with Crippen molar-refractivity contribution in [3.05, 3.63) is 59.5 Å². The van der Waals surface area contributed by atoms with Gasteiger partial charge in [0.15, 0.2) is 0 Å². The van der Waals surface area contributed by atoms with E-state index in [1.807, 2.05) is 11.1 Å². The first-order valence-corrected chi connectivity index (χ1v) is 14.7. The standard InChI is InChI=1S/C33H38N4O/c1-3-5-8-25-16-27-26-9-6-7-10-28(26)35-31(27)32(37(25)30(38)4-2)29-12-11-24(20-34-29)36-33-17-21-13-22(18-33)15-23(14-21)19-33/h2,6-7,9-12,20-23,25,32,35-36H,3,5,8,13-19H2,1H3/t21?,22?,23?,25-,32-,33?/m0/s1. The van der Waals surface area contributed by atoms with Crippen molar-refractivity contribution in [2.24, 2.45) is 17.8 Å². The number of rotatable bonds is 6. The second-order valence-electron chi connectivity index (χ2n) is 12.6. The van der Waals surface area contributed by atoms with Crippen LogP contribution < -0.4 is 5.32 Å². The fraction of sp³-hybridized carbons (Fsp3) is 0.515. The number of benzene rings is 1. The molecule has 4 fully saturated rings. The minimum Gasteiger partial charge on any atom is -0.378 e. The molecule has 196 valence electrons. The number of pyridine rings is 1. The van der Waals surface area contributed by atoms with Gasteiger partial charge in [-0.3, -0.25) is 9.78 Å². The fourth-order valence-electron chi connectivity index (χ4n) is 8.90. The van der Waals surface area contributed by atoms with Crippen LogP contribution in [-0.4, -0.2) is 32.4 Å². The molecule has 5 nitrogen and oxygen atoms in total. The molecule has 4 bridgehead atoms. The number of terminal acetylenes is 1. The molecule has 3 heterocycles. The molecule has 2 N–H and O–H groups in total. The lowest BCUT2D eigenvalue weighted by Gasteiger charge is -2.57. The SMILES string of the molecule is C#CC(=O)N1[C@@H](CCCC)Cc2c([nH]c3ccccc23)[C@@H]1c1ccc(NC23CC4CC(CC(C4)C2)C3)cn1. The third-order valence-electron chi connectivity index (χ3n) is 9.99. The molecule has 1 aliphatic heterocycles. The Morgan fingerprint density at radius 3 is 2.53 bits per heavy atom. The number of aromatic nitrogens is 2. The lowest BCUT2D eigenvalue weighted by atomic mass is 9.53. The van der Waals surface area contributed by atoms with Crippen LogP contribution in [0.1, 0.15) is 87.7 Å². The van der Waals surface area contributed by atoms with Crippen LogP contribution in [0.15, 0.2) is 42.6 Å². The Kier molecular flexibility index (Phi) is 5.76. The van der Waals surface area contributed by atoms with Crippen molar-refractivity contribution in [3.63, 3.8) is 0 Å². The van der Waals surface area contributed by atoms with Crippen LogP contribution in [-0.2, 0) is 11.2 Å². The van der Waals surface area contributed by atoms with Crippen molar-refractivity contribution in [1.82, 2.24) is 14.9 Å². The predicted octanol–water partition coefficient (Wildman–Crippen LogP) is 6.61. The zero-order chi connectivity index (χ0) is 25.9. The molecule has 3 aromatic rings. The van der Waals surface area contributed by atoms with Gasteiger partial charge in [0, 0.05) is 28.2 Å². The highest BCUT2D eigenvalue weighted by Crippen LogP contribution is 2.56. The monoisotopic (exact) mass is 506 g/mol. The Morgan fingerprint density at radius 1 is 1.13 bits per heavy atom. The smallest absolute Gasteiger partial charge is 0.299 e. The molecule has 2 aromatic heterocycles. The maximum absolute atomic E-state index is 13.3. The van der Waals surface area contributed by atoms with Crippen molar-refractivity contribution in [1.29, 1.82) is 0 Å². The number of H-pyrrole nitrogens is 1. The van der Waals surface area contributed by atoms with Crippen molar-refractivity contribution in [3.8, 4) is 12.3 Å². The van der Waals surface area contributed by atoms with E-state index in [0.717, 1.165) is 66.0 Å². The number of aromatic amines is 1. The molecular formula is C33H38N4O. The van der Waals surface area contributed by atoms with Crippen LogP contribution in [0.25, 0.3) is 10.9 Å². The van der Waals surface area contributed by atoms with E-state index in [9.17, 15) is 4.79 Å². The molecule has 0 spiro atoms. The molecule has 8 rings (SSSR count). The number of para-hydroxylation sites is 1. The topological polar surface area (TPSA) is 61.0 Å². The summed E-state index contributed by atoms with van der Waals surface area (Å²) >= 11 is 0. The maximum atomic E-state index is 13.3. The zero-order valence-corrected chi connectivity index (χ0v) is 22.4. The van der Waals surface area contributed by atoms with Crippen LogP contribution in [0.4, 0.5) is 5.69 Å². The second-order valence-corrected chi connectivity index (χ2v) is 12.6. The van der Waals surface area contributed by atoms with Gasteiger partial charge in [0.1, 0.15) is 6.04 Å². The second kappa shape index (κ2) is 9.19. The van der Waals surface area contributed by atoms with Crippen molar-refractivity contribution in [2.45, 2.75) is 88.8 Å². The number of hydrogen-bond donors (Lipinski definition) is 2. The summed E-state index contributed by atoms with van der Waals surface area (Å²) in [5.41, 5.74) is 5.66. The van der Waals surface area contributed by atoms with E-state index < -0.39 is 0 Å². The number of carbonyl (C=O) groups is 1. The number of anilines is 1. The van der Waals surface area contributed by atoms with E-state index >= 15 is 0 Å². The average Bonchev–Trinajstić information content (AvgIpc) is 3.28. The Bertz CT molecular complexity index is 1360. The van der Waals surface area contributed by atoms with E-state index in [4.69, 9.17) is 11.4 Å². The number of carbonyl (C=O) groups excluding carboxylic acids is 1. The van der Waals surface area contributed by atoms with Gasteiger partial charge in [-0.2, -0.15) is 0 Å². The fourth-order valence-corrected chi connectivity index (χ4v) is 8.90. The molecule has 0 saturated heterocycles. The van der Waals surface area contributed by atoms with Gasteiger partial charge in [0.05, 0.1) is 17.6 Å². The minimum absolute atomic E-state index is 0.0573. The van der Waals surface area contributed by atoms with E-state index in [2.05, 4.69) is 59.5 Å². The molecule has 0 unspecified atom stereocenters. The van der Waals surface area contributed by atoms with Gasteiger partial charge >= 0.3 is 0 Å². The van der Waals surface area contributed by atoms with Crippen LogP contribution in [0, 0.1) is 30.1 Å². The Morgan fingerprint density at radius 2 is 1.87 bits per heavy atom. The number of hydrogen-bond acceptors (Lipinski definition) is 3. The molecule has 1 aromatic carbocycles. The molecular weight excluding hydrogens is 468 g/mol. The molecule has 4 aliphatic carbocycles. The molecule has 2 atom stereocenters. The largest absolute Gasteiger partial charge is 0.378 e. The summed E-state index contributed by atoms with van der Waals surface area (Å²) in [6, 6.07) is 12.5. The Balaban J connectivity index is 1.25. The zero-order valence-electron chi connectivity index (χ0n) is 22.4. The normalized spacial score (nSPS) is 31.3. The van der Waals surface area contributed by atoms with Crippen LogP contribution in [0.3, 0.4) is 0 Å². The highest BCUT2D eigenvalue weighted by atomic mass is 16.2. The summed E-state index contributed by atoms with van der Waals surface area (Å²) in [6.45, 7) is 2.20. The van der Waals surface area contributed by atoms with Gasteiger partial charge in [-0.15, -0.1) is 6.42 Å². The molecule has 4 saturated carbocycles. The number of nitrogens with one attached hydrogen (secondary N) is 2. The van der Waals surface area contributed by atoms with E-state index in [0.29, 0.717) is 0 Å². The maximum Gasteiger partial charge on any atom is 0.299 e. The van der Waals surface area contributed by atoms with Gasteiger partial charge in [0.2, 0.25) is 0 Å². The van der Waals surface area contributed by atoms with Crippen LogP contribution in [0.5, 0.6) is 0 Å². The molecule has 38 heavy (non-hydrogen) atoms. The first-order valence-electron chi connectivity index (χ1n) is 14.7. The van der Waals surface area contributed by atoms with Gasteiger partial charge in [-0.1, -0.05) is 38.0 Å². The molecule has 5 aliphatic rings. The predicted molar refractivity (Wildman–Crippen MR) is 152 cm³/mol. The number of unbranched alkanes of at least 4 members (excludes halogenated alkanes) is 1. The highest BCUT2D eigenvalue weighted by molar-refractivity contribution is 5.94. The Labute approximate surface area is 225 Å². The van der Waals surface area contributed by atoms with Gasteiger partial charge in [-0.05, 0) is 98.8 Å². The number of fused-ring (bicyclic) bond motifs is 3. The van der Waals surface area contributed by atoms with Gasteiger partial charge < -0.3 is 15.2 Å². The first kappa shape index (κ1) is 23.8. The summed E-state index contributed by atoms with van der Waals surface area (Å²) in [5, 5.41) is 5.19. The van der Waals surface area contributed by atoms with E-state index in [1.165, 1.54) is 49.5 Å². The van der Waals surface area contributed by atoms with Crippen molar-refractivity contribution in [2.75, 3.05) is 5.32 Å². The third-order valence-corrected chi connectivity index (χ3v) is 9.99.